The standard InChI is InChI=1S/C15H13N3O2/c1-10(19)18-13-4-2-3-5-15(13)20-14-7-6-12(17)8-11(14)9-16/h2-8H,17H2,1H3,(H,18,19). The predicted molar refractivity (Wildman–Crippen MR) is 76.4 cm³/mol. The quantitative estimate of drug-likeness (QED) is 0.837. The molecule has 0 saturated carbocycles. The minimum atomic E-state index is -0.195. The highest BCUT2D eigenvalue weighted by atomic mass is 16.5. The van der Waals surface area contributed by atoms with Gasteiger partial charge in [-0.1, -0.05) is 12.1 Å². The van der Waals surface area contributed by atoms with Gasteiger partial charge in [0, 0.05) is 12.6 Å². The summed E-state index contributed by atoms with van der Waals surface area (Å²) in [6.45, 7) is 1.42. The molecule has 5 heteroatoms. The van der Waals surface area contributed by atoms with Crippen LogP contribution in [-0.2, 0) is 4.79 Å². The van der Waals surface area contributed by atoms with Gasteiger partial charge >= 0.3 is 0 Å². The molecule has 0 radical (unpaired) electrons. The molecule has 2 rings (SSSR count). The Hall–Kier alpha value is -3.00. The first-order valence-corrected chi connectivity index (χ1v) is 5.94. The van der Waals surface area contributed by atoms with Crippen LogP contribution >= 0.6 is 0 Å². The third-order valence-electron chi connectivity index (χ3n) is 2.54. The molecule has 0 fully saturated rings. The molecular weight excluding hydrogens is 254 g/mol. The van der Waals surface area contributed by atoms with Crippen LogP contribution in [0.1, 0.15) is 12.5 Å². The van der Waals surface area contributed by atoms with Crippen molar-refractivity contribution in [3.63, 3.8) is 0 Å². The lowest BCUT2D eigenvalue weighted by atomic mass is 10.2. The molecule has 5 nitrogen and oxygen atoms in total. The van der Waals surface area contributed by atoms with Crippen LogP contribution in [0.5, 0.6) is 11.5 Å². The Bertz CT molecular complexity index is 690. The van der Waals surface area contributed by atoms with Gasteiger partial charge in [0.05, 0.1) is 11.3 Å². The summed E-state index contributed by atoms with van der Waals surface area (Å²) in [5.41, 5.74) is 7.00. The number of para-hydroxylation sites is 2. The number of hydrogen-bond donors (Lipinski definition) is 2. The molecule has 0 aliphatic heterocycles. The van der Waals surface area contributed by atoms with Crippen LogP contribution in [0.2, 0.25) is 0 Å². The van der Waals surface area contributed by atoms with E-state index < -0.39 is 0 Å². The van der Waals surface area contributed by atoms with Gasteiger partial charge in [-0.25, -0.2) is 0 Å². The zero-order valence-corrected chi connectivity index (χ0v) is 10.9. The lowest BCUT2D eigenvalue weighted by Gasteiger charge is -2.12. The molecule has 2 aromatic carbocycles. The number of nitrogen functional groups attached to an aromatic ring is 1. The number of benzene rings is 2. The van der Waals surface area contributed by atoms with Gasteiger partial charge in [-0.05, 0) is 30.3 Å². The molecule has 0 unspecified atom stereocenters. The molecule has 0 heterocycles. The number of amides is 1. The van der Waals surface area contributed by atoms with E-state index in [1.165, 1.54) is 13.0 Å². The number of nitriles is 1. The van der Waals surface area contributed by atoms with Crippen molar-refractivity contribution < 1.29 is 9.53 Å². The zero-order valence-electron chi connectivity index (χ0n) is 10.9. The Morgan fingerprint density at radius 2 is 2.00 bits per heavy atom. The summed E-state index contributed by atoms with van der Waals surface area (Å²) >= 11 is 0. The Morgan fingerprint density at radius 1 is 1.25 bits per heavy atom. The van der Waals surface area contributed by atoms with Crippen LogP contribution in [0.3, 0.4) is 0 Å². The number of carbonyl (C=O) groups is 1. The van der Waals surface area contributed by atoms with Gasteiger partial charge in [-0.15, -0.1) is 0 Å². The summed E-state index contributed by atoms with van der Waals surface area (Å²) in [4.78, 5) is 11.2. The average molecular weight is 267 g/mol. The van der Waals surface area contributed by atoms with Gasteiger partial charge in [0.1, 0.15) is 11.8 Å². The minimum Gasteiger partial charge on any atom is -0.454 e. The van der Waals surface area contributed by atoms with Crippen molar-refractivity contribution in [3.8, 4) is 17.6 Å². The Morgan fingerprint density at radius 3 is 2.70 bits per heavy atom. The summed E-state index contributed by atoms with van der Waals surface area (Å²) in [5, 5.41) is 11.8. The van der Waals surface area contributed by atoms with E-state index in [1.54, 1.807) is 36.4 Å². The molecule has 0 bridgehead atoms. The molecule has 20 heavy (non-hydrogen) atoms. The molecule has 0 aromatic heterocycles. The van der Waals surface area contributed by atoms with Crippen LogP contribution < -0.4 is 15.8 Å². The number of hydrogen-bond acceptors (Lipinski definition) is 4. The van der Waals surface area contributed by atoms with Crippen LogP contribution in [0.15, 0.2) is 42.5 Å². The van der Waals surface area contributed by atoms with E-state index >= 15 is 0 Å². The highest BCUT2D eigenvalue weighted by molar-refractivity contribution is 5.90. The van der Waals surface area contributed by atoms with Crippen molar-refractivity contribution in [1.29, 1.82) is 5.26 Å². The maximum absolute atomic E-state index is 11.2. The van der Waals surface area contributed by atoms with Crippen molar-refractivity contribution in [3.05, 3.63) is 48.0 Å². The highest BCUT2D eigenvalue weighted by Crippen LogP contribution is 2.31. The molecule has 1 amide bonds. The molecule has 0 aliphatic rings. The van der Waals surface area contributed by atoms with E-state index in [1.807, 2.05) is 6.07 Å². The number of anilines is 2. The summed E-state index contributed by atoms with van der Waals surface area (Å²) in [7, 11) is 0. The van der Waals surface area contributed by atoms with Crippen molar-refractivity contribution >= 4 is 17.3 Å². The SMILES string of the molecule is CC(=O)Nc1ccccc1Oc1ccc(N)cc1C#N. The maximum Gasteiger partial charge on any atom is 0.221 e. The van der Waals surface area contributed by atoms with Gasteiger partial charge in [-0.2, -0.15) is 5.26 Å². The van der Waals surface area contributed by atoms with Crippen LogP contribution in [0.25, 0.3) is 0 Å². The molecule has 0 atom stereocenters. The Labute approximate surface area is 116 Å². The molecule has 0 spiro atoms. The first-order chi connectivity index (χ1) is 9.60. The van der Waals surface area contributed by atoms with Gasteiger partial charge in [0.2, 0.25) is 5.91 Å². The summed E-state index contributed by atoms with van der Waals surface area (Å²) in [5.74, 6) is 0.655. The highest BCUT2D eigenvalue weighted by Gasteiger charge is 2.09. The number of ether oxygens (including phenoxy) is 1. The second-order valence-electron chi connectivity index (χ2n) is 4.15. The first kappa shape index (κ1) is 13.4. The van der Waals surface area contributed by atoms with Crippen molar-refractivity contribution in [2.75, 3.05) is 11.1 Å². The minimum absolute atomic E-state index is 0.195. The van der Waals surface area contributed by atoms with Crippen LogP contribution in [0.4, 0.5) is 11.4 Å². The van der Waals surface area contributed by atoms with E-state index in [0.717, 1.165) is 0 Å². The third kappa shape index (κ3) is 3.06. The molecule has 3 N–H and O–H groups in total. The molecular formula is C15H13N3O2. The Balaban J connectivity index is 2.36. The molecule has 0 saturated heterocycles. The topological polar surface area (TPSA) is 88.1 Å². The summed E-state index contributed by atoms with van der Waals surface area (Å²) < 4.78 is 5.69. The van der Waals surface area contributed by atoms with Gasteiger partial charge in [-0.3, -0.25) is 4.79 Å². The van der Waals surface area contributed by atoms with Gasteiger partial charge in [0.25, 0.3) is 0 Å². The Kier molecular flexibility index (Phi) is 3.87. The van der Waals surface area contributed by atoms with E-state index in [-0.39, 0.29) is 5.91 Å². The second kappa shape index (κ2) is 5.76. The van der Waals surface area contributed by atoms with E-state index in [9.17, 15) is 4.79 Å². The van der Waals surface area contributed by atoms with Gasteiger partial charge < -0.3 is 15.8 Å². The lowest BCUT2D eigenvalue weighted by molar-refractivity contribution is -0.114. The predicted octanol–water partition coefficient (Wildman–Crippen LogP) is 2.89. The monoisotopic (exact) mass is 267 g/mol. The van der Waals surface area contributed by atoms with Crippen molar-refractivity contribution in [2.24, 2.45) is 0 Å². The molecule has 0 aliphatic carbocycles. The number of carbonyl (C=O) groups excluding carboxylic acids is 1. The lowest BCUT2D eigenvalue weighted by Crippen LogP contribution is -2.06. The fourth-order valence-electron chi connectivity index (χ4n) is 1.69. The number of nitrogens with one attached hydrogen (secondary N) is 1. The van der Waals surface area contributed by atoms with Gasteiger partial charge in [0.15, 0.2) is 5.75 Å². The number of nitrogens with zero attached hydrogens (tertiary/aromatic N) is 1. The van der Waals surface area contributed by atoms with E-state index in [4.69, 9.17) is 15.7 Å². The summed E-state index contributed by atoms with van der Waals surface area (Å²) in [6, 6.07) is 13.8. The van der Waals surface area contributed by atoms with Crippen LogP contribution in [0, 0.1) is 11.3 Å². The molecule has 100 valence electrons. The first-order valence-electron chi connectivity index (χ1n) is 5.94. The zero-order chi connectivity index (χ0) is 14.5. The maximum atomic E-state index is 11.2. The third-order valence-corrected chi connectivity index (χ3v) is 2.54. The summed E-state index contributed by atoms with van der Waals surface area (Å²) in [6.07, 6.45) is 0. The number of rotatable bonds is 3. The van der Waals surface area contributed by atoms with E-state index in [0.29, 0.717) is 28.4 Å². The average Bonchev–Trinajstić information content (AvgIpc) is 2.42. The van der Waals surface area contributed by atoms with Crippen molar-refractivity contribution in [2.45, 2.75) is 6.92 Å². The smallest absolute Gasteiger partial charge is 0.221 e. The normalized spacial score (nSPS) is 9.60. The molecule has 2 aromatic rings. The van der Waals surface area contributed by atoms with E-state index in [2.05, 4.69) is 5.32 Å². The fourth-order valence-corrected chi connectivity index (χ4v) is 1.69. The fraction of sp³-hybridized carbons (Fsp3) is 0.0667. The van der Waals surface area contributed by atoms with Crippen LogP contribution in [-0.4, -0.2) is 5.91 Å². The van der Waals surface area contributed by atoms with Crippen molar-refractivity contribution in [1.82, 2.24) is 0 Å². The second-order valence-corrected chi connectivity index (χ2v) is 4.15. The number of nitrogens with two attached hydrogens (primary N) is 1. The largest absolute Gasteiger partial charge is 0.454 e.